The molecule has 0 unspecified atom stereocenters. The van der Waals surface area contributed by atoms with Gasteiger partial charge in [0.1, 0.15) is 12.5 Å². The number of hydrogen-bond acceptors (Lipinski definition) is 4. The van der Waals surface area contributed by atoms with Gasteiger partial charge in [-0.05, 0) is 6.08 Å². The van der Waals surface area contributed by atoms with E-state index in [0.29, 0.717) is 5.82 Å². The Morgan fingerprint density at radius 2 is 2.62 bits per heavy atom. The Balaban J connectivity index is 2.66. The summed E-state index contributed by atoms with van der Waals surface area (Å²) in [5.74, 6) is 0.333. The molecule has 4 heteroatoms. The van der Waals surface area contributed by atoms with Crippen LogP contribution in [0.25, 0.3) is 0 Å². The Morgan fingerprint density at radius 1 is 1.88 bits per heavy atom. The molecule has 0 saturated heterocycles. The maximum atomic E-state index is 8.70. The van der Waals surface area contributed by atoms with Gasteiger partial charge in [-0.25, -0.2) is 5.06 Å². The fourth-order valence-corrected chi connectivity index (χ4v) is 0.421. The van der Waals surface area contributed by atoms with E-state index in [-0.39, 0.29) is 6.67 Å². The third-order valence-corrected chi connectivity index (χ3v) is 0.864. The molecular weight excluding hydrogens is 106 g/mol. The van der Waals surface area contributed by atoms with Crippen LogP contribution in [0, 0.1) is 0 Å². The zero-order valence-corrected chi connectivity index (χ0v) is 4.28. The van der Waals surface area contributed by atoms with Gasteiger partial charge in [-0.2, -0.15) is 0 Å². The second-order valence-electron chi connectivity index (χ2n) is 1.46. The van der Waals surface area contributed by atoms with E-state index in [9.17, 15) is 0 Å². The number of aliphatic imine (C=N–C) groups is 1. The minimum Gasteiger partial charge on any atom is -0.384 e. The maximum Gasteiger partial charge on any atom is 0.137 e. The van der Waals surface area contributed by atoms with Crippen LogP contribution in [-0.4, -0.2) is 23.2 Å². The molecule has 0 aromatic rings. The Labute approximate surface area is 46.9 Å². The summed E-state index contributed by atoms with van der Waals surface area (Å²) in [7, 11) is 0. The summed E-state index contributed by atoms with van der Waals surface area (Å²) < 4.78 is 0. The van der Waals surface area contributed by atoms with Crippen molar-refractivity contribution in [3.8, 4) is 0 Å². The SMILES string of the molecule is NC1=CC=NCN1O. The van der Waals surface area contributed by atoms with Crippen molar-refractivity contribution >= 4 is 6.21 Å². The number of nitrogens with two attached hydrogens (primary N) is 1. The lowest BCUT2D eigenvalue weighted by atomic mass is 10.5. The predicted molar refractivity (Wildman–Crippen MR) is 29.3 cm³/mol. The van der Waals surface area contributed by atoms with E-state index in [1.165, 1.54) is 6.08 Å². The van der Waals surface area contributed by atoms with Crippen molar-refractivity contribution in [2.75, 3.05) is 6.67 Å². The van der Waals surface area contributed by atoms with Crippen LogP contribution in [0.4, 0.5) is 0 Å². The minimum atomic E-state index is 0.238. The lowest BCUT2D eigenvalue weighted by Crippen LogP contribution is -2.26. The van der Waals surface area contributed by atoms with Crippen molar-refractivity contribution < 1.29 is 5.21 Å². The molecule has 3 N–H and O–H groups in total. The third kappa shape index (κ3) is 0.788. The second-order valence-corrected chi connectivity index (χ2v) is 1.46. The number of nitrogens with zero attached hydrogens (tertiary/aromatic N) is 2. The number of rotatable bonds is 0. The monoisotopic (exact) mass is 113 g/mol. The first-order valence-electron chi connectivity index (χ1n) is 2.22. The van der Waals surface area contributed by atoms with Crippen LogP contribution in [0.3, 0.4) is 0 Å². The highest BCUT2D eigenvalue weighted by Crippen LogP contribution is 1.94. The van der Waals surface area contributed by atoms with Gasteiger partial charge in [0.15, 0.2) is 0 Å². The molecule has 1 heterocycles. The molecule has 0 amide bonds. The molecule has 0 aliphatic carbocycles. The Morgan fingerprint density at radius 3 is 3.00 bits per heavy atom. The summed E-state index contributed by atoms with van der Waals surface area (Å²) in [6.07, 6.45) is 3.09. The summed E-state index contributed by atoms with van der Waals surface area (Å²) in [6, 6.07) is 0. The topological polar surface area (TPSA) is 61.8 Å². The van der Waals surface area contributed by atoms with E-state index in [1.54, 1.807) is 6.21 Å². The van der Waals surface area contributed by atoms with Crippen molar-refractivity contribution in [3.63, 3.8) is 0 Å². The van der Waals surface area contributed by atoms with Crippen molar-refractivity contribution in [1.82, 2.24) is 5.06 Å². The van der Waals surface area contributed by atoms with Gasteiger partial charge in [-0.15, -0.1) is 0 Å². The van der Waals surface area contributed by atoms with Gasteiger partial charge in [0, 0.05) is 6.21 Å². The average Bonchev–Trinajstić information content (AvgIpc) is 1.77. The number of hydroxylamine groups is 2. The zero-order valence-electron chi connectivity index (χ0n) is 4.28. The fraction of sp³-hybridized carbons (Fsp3) is 0.250. The molecule has 1 aliphatic rings. The highest BCUT2D eigenvalue weighted by Gasteiger charge is 2.00. The van der Waals surface area contributed by atoms with Crippen molar-refractivity contribution in [2.24, 2.45) is 10.7 Å². The highest BCUT2D eigenvalue weighted by atomic mass is 16.5. The van der Waals surface area contributed by atoms with Crippen LogP contribution in [0.5, 0.6) is 0 Å². The first kappa shape index (κ1) is 5.11. The van der Waals surface area contributed by atoms with Crippen LogP contribution >= 0.6 is 0 Å². The van der Waals surface area contributed by atoms with Gasteiger partial charge < -0.3 is 5.73 Å². The molecule has 0 saturated carbocycles. The standard InChI is InChI=1S/C4H7N3O/c5-4-1-2-6-3-7(4)8/h1-2,8H,3,5H2. The molecular formula is C4H7N3O. The van der Waals surface area contributed by atoms with Crippen molar-refractivity contribution in [3.05, 3.63) is 11.9 Å². The van der Waals surface area contributed by atoms with Gasteiger partial charge in [0.05, 0.1) is 0 Å². The summed E-state index contributed by atoms with van der Waals surface area (Å²) >= 11 is 0. The van der Waals surface area contributed by atoms with E-state index < -0.39 is 0 Å². The smallest absolute Gasteiger partial charge is 0.137 e. The van der Waals surface area contributed by atoms with Gasteiger partial charge in [0.2, 0.25) is 0 Å². The van der Waals surface area contributed by atoms with Crippen LogP contribution < -0.4 is 5.73 Å². The molecule has 0 aromatic heterocycles. The maximum absolute atomic E-state index is 8.70. The van der Waals surface area contributed by atoms with Crippen LogP contribution in [0.15, 0.2) is 16.9 Å². The first-order valence-corrected chi connectivity index (χ1v) is 2.22. The molecule has 1 aliphatic heterocycles. The minimum absolute atomic E-state index is 0.238. The van der Waals surface area contributed by atoms with Gasteiger partial charge >= 0.3 is 0 Å². The molecule has 8 heavy (non-hydrogen) atoms. The molecule has 0 fully saturated rings. The summed E-state index contributed by atoms with van der Waals surface area (Å²) in [6.45, 7) is 0.238. The first-order chi connectivity index (χ1) is 3.80. The third-order valence-electron chi connectivity index (χ3n) is 0.864. The Hall–Kier alpha value is -1.03. The van der Waals surface area contributed by atoms with E-state index in [0.717, 1.165) is 5.06 Å². The largest absolute Gasteiger partial charge is 0.384 e. The van der Waals surface area contributed by atoms with Gasteiger partial charge in [0.25, 0.3) is 0 Å². The van der Waals surface area contributed by atoms with E-state index in [1.807, 2.05) is 0 Å². The van der Waals surface area contributed by atoms with E-state index >= 15 is 0 Å². The van der Waals surface area contributed by atoms with Gasteiger partial charge in [-0.3, -0.25) is 10.2 Å². The molecule has 0 atom stereocenters. The number of hydrogen-bond donors (Lipinski definition) is 2. The molecule has 1 rings (SSSR count). The Bertz CT molecular complexity index is 140. The molecule has 4 nitrogen and oxygen atoms in total. The fourth-order valence-electron chi connectivity index (χ4n) is 0.421. The van der Waals surface area contributed by atoms with E-state index in [2.05, 4.69) is 4.99 Å². The average molecular weight is 113 g/mol. The predicted octanol–water partition coefficient (Wildman–Crippen LogP) is -0.480. The summed E-state index contributed by atoms with van der Waals surface area (Å²) in [5, 5.41) is 9.58. The van der Waals surface area contributed by atoms with Gasteiger partial charge in [-0.1, -0.05) is 0 Å². The van der Waals surface area contributed by atoms with Crippen LogP contribution in [0.1, 0.15) is 0 Å². The zero-order chi connectivity index (χ0) is 5.98. The lowest BCUT2D eigenvalue weighted by molar-refractivity contribution is -0.0547. The van der Waals surface area contributed by atoms with Crippen LogP contribution in [-0.2, 0) is 0 Å². The summed E-state index contributed by atoms with van der Waals surface area (Å²) in [5.41, 5.74) is 5.22. The second kappa shape index (κ2) is 1.83. The normalized spacial score (nSPS) is 18.6. The van der Waals surface area contributed by atoms with E-state index in [4.69, 9.17) is 10.9 Å². The lowest BCUT2D eigenvalue weighted by Gasteiger charge is -2.15. The van der Waals surface area contributed by atoms with Crippen LogP contribution in [0.2, 0.25) is 0 Å². The molecule has 0 spiro atoms. The Kier molecular flexibility index (Phi) is 1.17. The molecule has 0 bridgehead atoms. The van der Waals surface area contributed by atoms with Crippen molar-refractivity contribution in [2.45, 2.75) is 0 Å². The number of allylic oxidation sites excluding steroid dienone is 1. The van der Waals surface area contributed by atoms with Crippen molar-refractivity contribution in [1.29, 1.82) is 0 Å². The quantitative estimate of drug-likeness (QED) is 0.446. The molecule has 0 aromatic carbocycles. The summed E-state index contributed by atoms with van der Waals surface area (Å²) in [4.78, 5) is 3.70. The molecule has 0 radical (unpaired) electrons. The molecule has 44 valence electrons. The highest BCUT2D eigenvalue weighted by molar-refractivity contribution is 5.72.